The summed E-state index contributed by atoms with van der Waals surface area (Å²) in [6.07, 6.45) is 3.51. The Bertz CT molecular complexity index is 1350. The van der Waals surface area contributed by atoms with E-state index in [-0.39, 0.29) is 0 Å². The lowest BCUT2D eigenvalue weighted by atomic mass is 10.1. The fourth-order valence-corrected chi connectivity index (χ4v) is 3.54. The molecule has 0 amide bonds. The van der Waals surface area contributed by atoms with Crippen molar-refractivity contribution in [2.75, 3.05) is 30.9 Å². The lowest BCUT2D eigenvalue weighted by Crippen LogP contribution is -2.11. The minimum absolute atomic E-state index is 0.524. The largest absolute Gasteiger partial charge is 0.497 e. The number of anilines is 3. The Morgan fingerprint density at radius 2 is 1.59 bits per heavy atom. The van der Waals surface area contributed by atoms with E-state index >= 15 is 0 Å². The van der Waals surface area contributed by atoms with Gasteiger partial charge in [-0.25, -0.2) is 4.52 Å². The highest BCUT2D eigenvalue weighted by Crippen LogP contribution is 2.24. The van der Waals surface area contributed by atoms with Crippen LogP contribution in [0.5, 0.6) is 11.5 Å². The summed E-state index contributed by atoms with van der Waals surface area (Å²) in [6.45, 7) is 1.25. The molecule has 0 spiro atoms. The molecule has 0 unspecified atom stereocenters. The van der Waals surface area contributed by atoms with Crippen LogP contribution in [-0.4, -0.2) is 39.8 Å². The highest BCUT2D eigenvalue weighted by molar-refractivity contribution is 5.65. The lowest BCUT2D eigenvalue weighted by molar-refractivity contribution is 0.333. The van der Waals surface area contributed by atoms with E-state index in [2.05, 4.69) is 25.7 Å². The fraction of sp³-hybridized carbons (Fsp3) is 0.115. The molecule has 0 aliphatic rings. The number of aromatic nitrogens is 4. The molecular formula is C26H24N6O2. The minimum Gasteiger partial charge on any atom is -0.497 e. The summed E-state index contributed by atoms with van der Waals surface area (Å²) >= 11 is 0. The summed E-state index contributed by atoms with van der Waals surface area (Å²) in [5.74, 6) is 2.14. The summed E-state index contributed by atoms with van der Waals surface area (Å²) in [5.41, 5.74) is 4.64. The molecule has 3 aromatic heterocycles. The quantitative estimate of drug-likeness (QED) is 0.303. The van der Waals surface area contributed by atoms with Gasteiger partial charge in [0, 0.05) is 35.9 Å². The Hall–Kier alpha value is -4.59. The van der Waals surface area contributed by atoms with E-state index in [9.17, 15) is 0 Å². The molecule has 2 aromatic carbocycles. The predicted octanol–water partition coefficient (Wildman–Crippen LogP) is 5.03. The second-order valence-corrected chi connectivity index (χ2v) is 7.51. The zero-order chi connectivity index (χ0) is 23.2. The van der Waals surface area contributed by atoms with Gasteiger partial charge in [-0.3, -0.25) is 4.98 Å². The average molecular weight is 453 g/mol. The van der Waals surface area contributed by atoms with Crippen LogP contribution >= 0.6 is 0 Å². The molecular weight excluding hydrogens is 428 g/mol. The molecule has 0 bridgehead atoms. The number of fused-ring (bicyclic) bond motifs is 1. The second kappa shape index (κ2) is 9.91. The van der Waals surface area contributed by atoms with Gasteiger partial charge in [-0.05, 0) is 72.8 Å². The topological polar surface area (TPSA) is 85.6 Å². The van der Waals surface area contributed by atoms with E-state index in [0.717, 1.165) is 39.8 Å². The third-order valence-corrected chi connectivity index (χ3v) is 5.24. The Labute approximate surface area is 197 Å². The van der Waals surface area contributed by atoms with E-state index in [4.69, 9.17) is 9.47 Å². The van der Waals surface area contributed by atoms with Gasteiger partial charge in [0.15, 0.2) is 5.65 Å². The maximum Gasteiger partial charge on any atom is 0.247 e. The van der Waals surface area contributed by atoms with Gasteiger partial charge < -0.3 is 20.1 Å². The molecule has 0 radical (unpaired) electrons. The minimum atomic E-state index is 0.524. The lowest BCUT2D eigenvalue weighted by Gasteiger charge is -2.09. The Morgan fingerprint density at radius 1 is 0.824 bits per heavy atom. The first-order valence-electron chi connectivity index (χ1n) is 10.9. The summed E-state index contributed by atoms with van der Waals surface area (Å²) in [6, 6.07) is 25.4. The number of methoxy groups -OCH3 is 1. The number of rotatable bonds is 9. The maximum absolute atomic E-state index is 5.81. The number of ether oxygens (including phenoxy) is 2. The molecule has 5 aromatic rings. The van der Waals surface area contributed by atoms with Gasteiger partial charge in [0.05, 0.1) is 12.8 Å². The zero-order valence-electron chi connectivity index (χ0n) is 18.7. The number of nitrogens with zero attached hydrogens (tertiary/aromatic N) is 4. The maximum atomic E-state index is 5.81. The van der Waals surface area contributed by atoms with Crippen LogP contribution in [0.25, 0.3) is 16.9 Å². The Morgan fingerprint density at radius 3 is 2.35 bits per heavy atom. The molecule has 0 fully saturated rings. The molecule has 0 aliphatic heterocycles. The van der Waals surface area contributed by atoms with Gasteiger partial charge in [0.2, 0.25) is 5.95 Å². The number of hydrogen-bond donors (Lipinski definition) is 2. The molecule has 5 rings (SSSR count). The smallest absolute Gasteiger partial charge is 0.247 e. The molecule has 170 valence electrons. The van der Waals surface area contributed by atoms with Gasteiger partial charge in [0.1, 0.15) is 18.1 Å². The first kappa shape index (κ1) is 21.3. The summed E-state index contributed by atoms with van der Waals surface area (Å²) in [7, 11) is 1.66. The van der Waals surface area contributed by atoms with Gasteiger partial charge >= 0.3 is 0 Å². The summed E-state index contributed by atoms with van der Waals surface area (Å²) < 4.78 is 12.9. The standard InChI is InChI=1S/C26H24N6O2/c1-33-22-9-5-19(6-10-22)24-3-2-4-25-30-26(31-32(24)25)29-21-7-11-23(12-8-21)34-18-17-28-20-13-15-27-16-14-20/h2-16H,17-18H2,1H3,(H,27,28)(H,29,31). The second-order valence-electron chi connectivity index (χ2n) is 7.51. The van der Waals surface area contributed by atoms with Gasteiger partial charge in [-0.15, -0.1) is 5.10 Å². The Balaban J connectivity index is 1.22. The van der Waals surface area contributed by atoms with Crippen molar-refractivity contribution in [2.24, 2.45) is 0 Å². The normalized spacial score (nSPS) is 10.7. The molecule has 0 aliphatic carbocycles. The molecule has 0 atom stereocenters. The van der Waals surface area contributed by atoms with Crippen molar-refractivity contribution in [1.82, 2.24) is 19.6 Å². The van der Waals surface area contributed by atoms with E-state index in [0.29, 0.717) is 19.1 Å². The summed E-state index contributed by atoms with van der Waals surface area (Å²) in [4.78, 5) is 8.62. The molecule has 0 saturated heterocycles. The fourth-order valence-electron chi connectivity index (χ4n) is 3.54. The monoisotopic (exact) mass is 452 g/mol. The summed E-state index contributed by atoms with van der Waals surface area (Å²) in [5, 5.41) is 11.2. The number of pyridine rings is 2. The van der Waals surface area contributed by atoms with E-state index in [1.807, 2.05) is 83.4 Å². The van der Waals surface area contributed by atoms with Crippen LogP contribution in [0.2, 0.25) is 0 Å². The van der Waals surface area contributed by atoms with Crippen LogP contribution in [-0.2, 0) is 0 Å². The molecule has 3 heterocycles. The van der Waals surface area contributed by atoms with Crippen LogP contribution in [0, 0.1) is 0 Å². The molecule has 34 heavy (non-hydrogen) atoms. The third-order valence-electron chi connectivity index (χ3n) is 5.24. The average Bonchev–Trinajstić information content (AvgIpc) is 3.31. The van der Waals surface area contributed by atoms with Crippen molar-refractivity contribution in [3.63, 3.8) is 0 Å². The molecule has 2 N–H and O–H groups in total. The third kappa shape index (κ3) is 4.91. The highest BCUT2D eigenvalue weighted by atomic mass is 16.5. The van der Waals surface area contributed by atoms with Crippen LogP contribution in [0.4, 0.5) is 17.3 Å². The van der Waals surface area contributed by atoms with Crippen LogP contribution in [0.3, 0.4) is 0 Å². The number of nitrogens with one attached hydrogen (secondary N) is 2. The van der Waals surface area contributed by atoms with Crippen LogP contribution < -0.4 is 20.1 Å². The van der Waals surface area contributed by atoms with E-state index < -0.39 is 0 Å². The molecule has 8 nitrogen and oxygen atoms in total. The van der Waals surface area contributed by atoms with Crippen molar-refractivity contribution in [1.29, 1.82) is 0 Å². The van der Waals surface area contributed by atoms with E-state index in [1.165, 1.54) is 0 Å². The van der Waals surface area contributed by atoms with Crippen molar-refractivity contribution in [2.45, 2.75) is 0 Å². The van der Waals surface area contributed by atoms with Gasteiger partial charge in [-0.1, -0.05) is 6.07 Å². The Kier molecular flexibility index (Phi) is 6.20. The zero-order valence-corrected chi connectivity index (χ0v) is 18.7. The van der Waals surface area contributed by atoms with Crippen molar-refractivity contribution >= 4 is 23.0 Å². The highest BCUT2D eigenvalue weighted by Gasteiger charge is 2.09. The van der Waals surface area contributed by atoms with E-state index in [1.54, 1.807) is 19.5 Å². The van der Waals surface area contributed by atoms with Crippen molar-refractivity contribution < 1.29 is 9.47 Å². The molecule has 8 heteroatoms. The number of hydrogen-bond acceptors (Lipinski definition) is 7. The molecule has 0 saturated carbocycles. The van der Waals surface area contributed by atoms with Crippen LogP contribution in [0.1, 0.15) is 0 Å². The van der Waals surface area contributed by atoms with Crippen molar-refractivity contribution in [3.8, 4) is 22.8 Å². The van der Waals surface area contributed by atoms with Gasteiger partial charge in [0.25, 0.3) is 0 Å². The van der Waals surface area contributed by atoms with Gasteiger partial charge in [-0.2, -0.15) is 4.98 Å². The first-order chi connectivity index (χ1) is 16.8. The van der Waals surface area contributed by atoms with Crippen molar-refractivity contribution in [3.05, 3.63) is 91.3 Å². The van der Waals surface area contributed by atoms with Crippen LogP contribution in [0.15, 0.2) is 91.3 Å². The SMILES string of the molecule is COc1ccc(-c2cccc3nc(Nc4ccc(OCCNc5ccncc5)cc4)nn23)cc1. The first-order valence-corrected chi connectivity index (χ1v) is 10.9. The predicted molar refractivity (Wildman–Crippen MR) is 133 cm³/mol. The number of benzene rings is 2.